The van der Waals surface area contributed by atoms with E-state index in [-0.39, 0.29) is 12.3 Å². The van der Waals surface area contributed by atoms with Gasteiger partial charge in [0, 0.05) is 13.0 Å². The molecule has 1 unspecified atom stereocenters. The Hall–Kier alpha value is -1.88. The number of benzene rings is 1. The van der Waals surface area contributed by atoms with Gasteiger partial charge < -0.3 is 15.7 Å². The monoisotopic (exact) mass is 236 g/mol. The zero-order chi connectivity index (χ0) is 12.7. The van der Waals surface area contributed by atoms with Crippen molar-refractivity contribution in [3.63, 3.8) is 0 Å². The average Bonchev–Trinajstić information content (AvgIpc) is 2.34. The van der Waals surface area contributed by atoms with Gasteiger partial charge in [-0.3, -0.25) is 4.79 Å². The van der Waals surface area contributed by atoms with E-state index in [1.54, 1.807) is 37.4 Å². The number of carbonyl (C=O) groups is 2. The summed E-state index contributed by atoms with van der Waals surface area (Å²) >= 11 is 0. The van der Waals surface area contributed by atoms with E-state index in [2.05, 4.69) is 10.6 Å². The minimum atomic E-state index is -1.06. The van der Waals surface area contributed by atoms with Gasteiger partial charge in [-0.1, -0.05) is 30.3 Å². The van der Waals surface area contributed by atoms with Crippen LogP contribution in [0.4, 0.5) is 0 Å². The first kappa shape index (κ1) is 13.2. The molecule has 17 heavy (non-hydrogen) atoms. The number of nitrogens with one attached hydrogen (secondary N) is 2. The first-order chi connectivity index (χ1) is 8.15. The number of rotatable bonds is 6. The zero-order valence-corrected chi connectivity index (χ0v) is 9.64. The van der Waals surface area contributed by atoms with E-state index in [9.17, 15) is 9.59 Å². The molecule has 1 atom stereocenters. The predicted molar refractivity (Wildman–Crippen MR) is 63.5 cm³/mol. The van der Waals surface area contributed by atoms with Gasteiger partial charge in [-0.05, 0) is 12.6 Å². The maximum atomic E-state index is 11.5. The highest BCUT2D eigenvalue weighted by molar-refractivity contribution is 5.84. The maximum Gasteiger partial charge on any atom is 0.330 e. The van der Waals surface area contributed by atoms with Gasteiger partial charge in [-0.25, -0.2) is 4.79 Å². The van der Waals surface area contributed by atoms with E-state index in [1.165, 1.54) is 0 Å². The topological polar surface area (TPSA) is 78.4 Å². The molecular formula is C12H16N2O3. The second-order valence-electron chi connectivity index (χ2n) is 3.60. The summed E-state index contributed by atoms with van der Waals surface area (Å²) in [6, 6.07) is 7.65. The van der Waals surface area contributed by atoms with Crippen molar-refractivity contribution in [1.82, 2.24) is 10.6 Å². The molecule has 0 spiro atoms. The van der Waals surface area contributed by atoms with Crippen molar-refractivity contribution in [2.75, 3.05) is 13.6 Å². The fourth-order valence-electron chi connectivity index (χ4n) is 1.40. The second kappa shape index (κ2) is 6.65. The summed E-state index contributed by atoms with van der Waals surface area (Å²) in [7, 11) is 1.74. The molecule has 1 aromatic rings. The van der Waals surface area contributed by atoms with E-state index in [4.69, 9.17) is 5.11 Å². The van der Waals surface area contributed by atoms with Crippen LogP contribution >= 0.6 is 0 Å². The molecule has 5 nitrogen and oxygen atoms in total. The molecular weight excluding hydrogens is 220 g/mol. The van der Waals surface area contributed by atoms with E-state index in [0.717, 1.165) is 0 Å². The lowest BCUT2D eigenvalue weighted by Crippen LogP contribution is -2.34. The fourth-order valence-corrected chi connectivity index (χ4v) is 1.40. The Morgan fingerprint density at radius 3 is 2.47 bits per heavy atom. The van der Waals surface area contributed by atoms with Crippen LogP contribution in [0.25, 0.3) is 0 Å². The van der Waals surface area contributed by atoms with Crippen LogP contribution in [0.15, 0.2) is 30.3 Å². The molecule has 5 heteroatoms. The number of hydrogen-bond acceptors (Lipinski definition) is 3. The molecule has 0 aliphatic heterocycles. The molecule has 1 amide bonds. The Morgan fingerprint density at radius 1 is 1.29 bits per heavy atom. The minimum absolute atomic E-state index is 0.257. The van der Waals surface area contributed by atoms with Gasteiger partial charge in [0.1, 0.15) is 0 Å². The number of carboxylic acids is 1. The molecule has 0 aliphatic rings. The third-order valence-electron chi connectivity index (χ3n) is 2.29. The Balaban J connectivity index is 2.68. The van der Waals surface area contributed by atoms with Crippen LogP contribution in [0.2, 0.25) is 0 Å². The lowest BCUT2D eigenvalue weighted by atomic mass is 10.1. The Kier molecular flexibility index (Phi) is 5.16. The standard InChI is InChI=1S/C12H16N2O3/c1-13-8-7-10(15)14-11(12(16)17)9-5-3-2-4-6-9/h2-6,11,13H,7-8H2,1H3,(H,14,15)(H,16,17). The minimum Gasteiger partial charge on any atom is -0.479 e. The van der Waals surface area contributed by atoms with Crippen LogP contribution < -0.4 is 10.6 Å². The summed E-state index contributed by atoms with van der Waals surface area (Å²) in [4.78, 5) is 22.6. The average molecular weight is 236 g/mol. The third-order valence-corrected chi connectivity index (χ3v) is 2.29. The Morgan fingerprint density at radius 2 is 1.94 bits per heavy atom. The van der Waals surface area contributed by atoms with Gasteiger partial charge >= 0.3 is 5.97 Å². The van der Waals surface area contributed by atoms with Crippen LogP contribution in [0.1, 0.15) is 18.0 Å². The summed E-state index contributed by atoms with van der Waals surface area (Å²) in [5.41, 5.74) is 0.567. The summed E-state index contributed by atoms with van der Waals surface area (Å²) in [6.07, 6.45) is 0.257. The van der Waals surface area contributed by atoms with E-state index < -0.39 is 12.0 Å². The number of aliphatic carboxylic acids is 1. The molecule has 3 N–H and O–H groups in total. The molecule has 0 saturated heterocycles. The number of hydrogen-bond donors (Lipinski definition) is 3. The number of amides is 1. The van der Waals surface area contributed by atoms with Crippen LogP contribution in [-0.2, 0) is 9.59 Å². The molecule has 0 saturated carbocycles. The first-order valence-electron chi connectivity index (χ1n) is 5.37. The van der Waals surface area contributed by atoms with Crippen molar-refractivity contribution in [2.45, 2.75) is 12.5 Å². The SMILES string of the molecule is CNCCC(=O)NC(C(=O)O)c1ccccc1. The van der Waals surface area contributed by atoms with Crippen LogP contribution in [-0.4, -0.2) is 30.6 Å². The normalized spacial score (nSPS) is 11.8. The highest BCUT2D eigenvalue weighted by Crippen LogP contribution is 2.12. The lowest BCUT2D eigenvalue weighted by Gasteiger charge is -2.14. The van der Waals surface area contributed by atoms with Crippen LogP contribution in [0, 0.1) is 0 Å². The van der Waals surface area contributed by atoms with Gasteiger partial charge in [-0.15, -0.1) is 0 Å². The summed E-state index contributed by atoms with van der Waals surface area (Å²) in [6.45, 7) is 0.521. The molecule has 0 heterocycles. The van der Waals surface area contributed by atoms with Crippen LogP contribution in [0.5, 0.6) is 0 Å². The summed E-state index contributed by atoms with van der Waals surface area (Å²) < 4.78 is 0. The van der Waals surface area contributed by atoms with Crippen molar-refractivity contribution in [3.05, 3.63) is 35.9 Å². The predicted octanol–water partition coefficient (Wildman–Crippen LogP) is 0.538. The molecule has 92 valence electrons. The Bertz CT molecular complexity index is 379. The lowest BCUT2D eigenvalue weighted by molar-refractivity contribution is -0.142. The van der Waals surface area contributed by atoms with Crippen molar-refractivity contribution in [1.29, 1.82) is 0 Å². The third kappa shape index (κ3) is 4.24. The first-order valence-corrected chi connectivity index (χ1v) is 5.37. The van der Waals surface area contributed by atoms with Crippen LogP contribution in [0.3, 0.4) is 0 Å². The number of carbonyl (C=O) groups excluding carboxylic acids is 1. The van der Waals surface area contributed by atoms with Crippen molar-refractivity contribution < 1.29 is 14.7 Å². The van der Waals surface area contributed by atoms with Crippen molar-refractivity contribution in [3.8, 4) is 0 Å². The van der Waals surface area contributed by atoms with Gasteiger partial charge in [0.05, 0.1) is 0 Å². The van der Waals surface area contributed by atoms with Gasteiger partial charge in [0.25, 0.3) is 0 Å². The largest absolute Gasteiger partial charge is 0.479 e. The van der Waals surface area contributed by atoms with Crippen molar-refractivity contribution >= 4 is 11.9 Å². The Labute approximate surface area is 99.8 Å². The molecule has 0 aliphatic carbocycles. The molecule has 0 bridgehead atoms. The summed E-state index contributed by atoms with van der Waals surface area (Å²) in [5.74, 6) is -1.34. The van der Waals surface area contributed by atoms with Gasteiger partial charge in [-0.2, -0.15) is 0 Å². The highest BCUT2D eigenvalue weighted by atomic mass is 16.4. The quantitative estimate of drug-likeness (QED) is 0.673. The summed E-state index contributed by atoms with van der Waals surface area (Å²) in [5, 5.41) is 14.4. The molecule has 1 aromatic carbocycles. The molecule has 0 aromatic heterocycles. The molecule has 0 radical (unpaired) electrons. The fraction of sp³-hybridized carbons (Fsp3) is 0.333. The van der Waals surface area contributed by atoms with Gasteiger partial charge in [0.2, 0.25) is 5.91 Å². The van der Waals surface area contributed by atoms with E-state index in [1.807, 2.05) is 0 Å². The molecule has 0 fully saturated rings. The smallest absolute Gasteiger partial charge is 0.330 e. The number of carboxylic acid groups (broad SMARTS) is 1. The van der Waals surface area contributed by atoms with Crippen molar-refractivity contribution in [2.24, 2.45) is 0 Å². The van der Waals surface area contributed by atoms with E-state index >= 15 is 0 Å². The van der Waals surface area contributed by atoms with E-state index in [0.29, 0.717) is 12.1 Å². The van der Waals surface area contributed by atoms with Gasteiger partial charge in [0.15, 0.2) is 6.04 Å². The maximum absolute atomic E-state index is 11.5. The highest BCUT2D eigenvalue weighted by Gasteiger charge is 2.21. The second-order valence-corrected chi connectivity index (χ2v) is 3.60. The molecule has 1 rings (SSSR count). The zero-order valence-electron chi connectivity index (χ0n) is 9.64.